The molecular formula is C93H96NO11P3S. The Morgan fingerprint density at radius 1 is 0.349 bits per heavy atom. The number of ketones is 1. The van der Waals surface area contributed by atoms with E-state index in [0.29, 0.717) is 55.7 Å². The molecule has 1 unspecified atom stereocenters. The molecule has 0 amide bonds. The van der Waals surface area contributed by atoms with Crippen molar-refractivity contribution in [3.8, 4) is 0 Å². The monoisotopic (exact) mass is 1530 g/mol. The van der Waals surface area contributed by atoms with Gasteiger partial charge in [0.15, 0.2) is 0 Å². The van der Waals surface area contributed by atoms with Gasteiger partial charge in [-0.05, 0) is 208 Å². The van der Waals surface area contributed by atoms with Gasteiger partial charge in [0.25, 0.3) is 5.52 Å². The number of oxime groups is 1. The van der Waals surface area contributed by atoms with Crippen LogP contribution < -0.4 is 21.2 Å². The minimum absolute atomic E-state index is 0.210. The molecule has 0 aliphatic carbocycles. The van der Waals surface area contributed by atoms with Gasteiger partial charge in [0.05, 0.1) is 12.2 Å². The summed E-state index contributed by atoms with van der Waals surface area (Å²) in [5.41, 5.74) is 11.7. The number of aryl methyl sites for hydroxylation is 12. The number of carbonyl (C=O) groups is 6. The van der Waals surface area contributed by atoms with Gasteiger partial charge in [-0.3, -0.25) is 28.5 Å². The fourth-order valence-electron chi connectivity index (χ4n) is 13.5. The molecule has 109 heavy (non-hydrogen) atoms. The van der Waals surface area contributed by atoms with Crippen LogP contribution in [-0.2, 0) is 23.1 Å². The van der Waals surface area contributed by atoms with E-state index in [1.165, 1.54) is 0 Å². The fourth-order valence-corrected chi connectivity index (χ4v) is 21.6. The lowest BCUT2D eigenvalue weighted by atomic mass is 10.0. The SMILES string of the molecule is CCCCCC/C(=N/OC(=O)c1ccccc1)C(=O)c1ccc(Sc2ccccc2)cc1.CCOP(=O)(C(=O)c1c(C)cc(C)cc1C)c1ccccc1.Cc1cc(C)c(C(=O)P(=O)(C(=O)c2c(C)cc(C)cc2C)c2ccccc2)c(C)c1.Cc1cc(C)c(C(=O)P(=O)(c2ccccc2)c2ccccc2)c(C)c1. The molecule has 0 bridgehead atoms. The van der Waals surface area contributed by atoms with Gasteiger partial charge in [0.1, 0.15) is 5.71 Å². The van der Waals surface area contributed by atoms with E-state index in [4.69, 9.17) is 9.36 Å². The second-order valence-electron chi connectivity index (χ2n) is 27.2. The number of hydrogen-bond acceptors (Lipinski definition) is 13. The Balaban J connectivity index is 0.000000185. The van der Waals surface area contributed by atoms with Crippen LogP contribution in [0.5, 0.6) is 0 Å². The van der Waals surface area contributed by atoms with E-state index in [9.17, 15) is 42.5 Å². The van der Waals surface area contributed by atoms with E-state index in [2.05, 4.69) is 12.1 Å². The average molecular weight is 1530 g/mol. The molecule has 0 saturated heterocycles. The van der Waals surface area contributed by atoms with Crippen LogP contribution in [0.25, 0.3) is 0 Å². The number of Topliss-reactive ketones (excluding diaryl/α,β-unsaturated/α-hetero) is 1. The van der Waals surface area contributed by atoms with Crippen molar-refractivity contribution in [3.05, 3.63) is 355 Å². The van der Waals surface area contributed by atoms with E-state index in [1.54, 1.807) is 134 Å². The summed E-state index contributed by atoms with van der Waals surface area (Å²) in [6, 6.07) is 76.9. The van der Waals surface area contributed by atoms with Gasteiger partial charge in [-0.1, -0.05) is 259 Å². The van der Waals surface area contributed by atoms with Crippen molar-refractivity contribution in [3.63, 3.8) is 0 Å². The molecule has 0 radical (unpaired) electrons. The van der Waals surface area contributed by atoms with Crippen LogP contribution in [0.3, 0.4) is 0 Å². The first-order valence-electron chi connectivity index (χ1n) is 36.5. The van der Waals surface area contributed by atoms with Crippen LogP contribution >= 0.6 is 33.4 Å². The molecule has 560 valence electrons. The molecule has 0 aromatic heterocycles. The highest BCUT2D eigenvalue weighted by Gasteiger charge is 2.45. The Bertz CT molecular complexity index is 5030. The summed E-state index contributed by atoms with van der Waals surface area (Å²) < 4.78 is 47.5. The first-order valence-corrected chi connectivity index (χ1v) is 42.3. The normalized spacial score (nSPS) is 11.8. The number of rotatable bonds is 25. The largest absolute Gasteiger partial charge is 0.365 e. The molecule has 16 heteroatoms. The highest BCUT2D eigenvalue weighted by molar-refractivity contribution is 8.01. The lowest BCUT2D eigenvalue weighted by Crippen LogP contribution is -2.23. The summed E-state index contributed by atoms with van der Waals surface area (Å²) in [5.74, 6) is -0.780. The predicted octanol–water partition coefficient (Wildman–Crippen LogP) is 22.6. The summed E-state index contributed by atoms with van der Waals surface area (Å²) in [7, 11) is -11.2. The Kier molecular flexibility index (Phi) is 30.5. The van der Waals surface area contributed by atoms with Gasteiger partial charge < -0.3 is 18.5 Å². The van der Waals surface area contributed by atoms with E-state index in [0.717, 1.165) is 102 Å². The standard InChI is InChI=1S/C27H27NO3S.C26H27O3P.C22H21O2P.C18H21O3P/c1-2-3-4-11-16-25(28-31-27(30)22-12-7-5-8-13-22)26(29)21-17-19-24(20-18-21)32-23-14-9-6-10-15-23;1-16-12-18(3)23(19(4)13-16)25(27)30(29,22-10-8-7-9-11-22)26(28)24-20(5)14-17(2)15-21(24)6;1-16-14-17(2)21(18(3)15-16)22(23)25(24,19-10-6-4-7-11-19)20-12-8-5-9-13-20;1-5-21-22(20,16-9-7-6-8-10-16)18(19)17-14(3)11-13(2)12-15(17)4/h5-10,12-15,17-20H,2-4,11,16H2,1H3;7-15H,1-6H3;4-15H,1-3H3;6-12H,5H2,1-4H3/b28-25-;;;. The molecule has 0 aliphatic rings. The van der Waals surface area contributed by atoms with Gasteiger partial charge in [-0.25, -0.2) is 4.79 Å². The molecule has 1 atom stereocenters. The average Bonchev–Trinajstić information content (AvgIpc) is 0.791. The van der Waals surface area contributed by atoms with E-state index in [1.807, 2.05) is 223 Å². The van der Waals surface area contributed by atoms with Gasteiger partial charge in [0, 0.05) is 58.8 Å². The Hall–Kier alpha value is -10.1. The summed E-state index contributed by atoms with van der Waals surface area (Å²) in [4.78, 5) is 86.9. The smallest absolute Gasteiger partial charge is 0.320 e. The quantitative estimate of drug-likeness (QED) is 0.0132. The maximum absolute atomic E-state index is 14.5. The summed E-state index contributed by atoms with van der Waals surface area (Å²) in [6.45, 7) is 26.9. The highest BCUT2D eigenvalue weighted by Crippen LogP contribution is 2.54. The van der Waals surface area contributed by atoms with Crippen molar-refractivity contribution in [2.45, 2.75) is 139 Å². The third kappa shape index (κ3) is 21.0. The summed E-state index contributed by atoms with van der Waals surface area (Å²) in [6.07, 6.45) is 4.49. The van der Waals surface area contributed by atoms with Crippen molar-refractivity contribution >= 4 is 94.2 Å². The molecule has 11 aromatic rings. The van der Waals surface area contributed by atoms with Gasteiger partial charge >= 0.3 is 13.3 Å². The van der Waals surface area contributed by atoms with Crippen molar-refractivity contribution < 1.29 is 51.8 Å². The van der Waals surface area contributed by atoms with Crippen LogP contribution in [0.4, 0.5) is 0 Å². The number of benzene rings is 11. The van der Waals surface area contributed by atoms with Gasteiger partial charge in [-0.15, -0.1) is 0 Å². The van der Waals surface area contributed by atoms with E-state index >= 15 is 0 Å². The topological polar surface area (TPSA) is 184 Å². The Morgan fingerprint density at radius 2 is 0.679 bits per heavy atom. The molecule has 0 saturated carbocycles. The zero-order valence-electron chi connectivity index (χ0n) is 64.7. The van der Waals surface area contributed by atoms with Crippen LogP contribution in [0.2, 0.25) is 0 Å². The van der Waals surface area contributed by atoms with Crippen LogP contribution in [0.1, 0.15) is 175 Å². The lowest BCUT2D eigenvalue weighted by Gasteiger charge is -2.21. The fraction of sp³-hybridized carbons (Fsp3) is 0.215. The first kappa shape index (κ1) is 84.5. The summed E-state index contributed by atoms with van der Waals surface area (Å²) >= 11 is 1.64. The first-order chi connectivity index (χ1) is 52.1. The molecule has 11 rings (SSSR count). The van der Waals surface area contributed by atoms with Crippen LogP contribution in [0.15, 0.2) is 270 Å². The molecule has 11 aromatic carbocycles. The van der Waals surface area contributed by atoms with Gasteiger partial charge in [-0.2, -0.15) is 0 Å². The number of hydrogen-bond donors (Lipinski definition) is 0. The van der Waals surface area contributed by atoms with Crippen LogP contribution in [0, 0.1) is 83.1 Å². The maximum atomic E-state index is 14.5. The predicted molar refractivity (Wildman–Crippen MR) is 448 cm³/mol. The van der Waals surface area contributed by atoms with Crippen molar-refractivity contribution in [2.24, 2.45) is 5.16 Å². The molecule has 0 spiro atoms. The third-order valence-electron chi connectivity index (χ3n) is 18.3. The van der Waals surface area contributed by atoms with Crippen molar-refractivity contribution in [1.29, 1.82) is 0 Å². The number of carbonyl (C=O) groups excluding carboxylic acids is 6. The second kappa shape index (κ2) is 39.3. The minimum Gasteiger partial charge on any atom is -0.320 e. The second-order valence-corrected chi connectivity index (χ2v) is 35.8. The van der Waals surface area contributed by atoms with E-state index < -0.39 is 44.2 Å². The lowest BCUT2D eigenvalue weighted by molar-refractivity contribution is 0.0514. The van der Waals surface area contributed by atoms with Gasteiger partial charge in [0.2, 0.25) is 36.6 Å². The molecule has 0 N–H and O–H groups in total. The molecule has 0 fully saturated rings. The van der Waals surface area contributed by atoms with Crippen molar-refractivity contribution in [1.82, 2.24) is 0 Å². The summed E-state index contributed by atoms with van der Waals surface area (Å²) in [5, 5.41) is 5.85. The third-order valence-corrected chi connectivity index (χ3v) is 27.2. The minimum atomic E-state index is -4.11. The Labute approximate surface area is 647 Å². The zero-order chi connectivity index (χ0) is 79.2. The maximum Gasteiger partial charge on any atom is 0.365 e. The van der Waals surface area contributed by atoms with Crippen molar-refractivity contribution in [2.75, 3.05) is 6.61 Å². The number of nitrogens with zero attached hydrogens (tertiary/aromatic N) is 1. The van der Waals surface area contributed by atoms with Crippen LogP contribution in [-0.4, -0.2) is 46.2 Å². The molecular weight excluding hydrogens is 1430 g/mol. The zero-order valence-corrected chi connectivity index (χ0v) is 68.2. The highest BCUT2D eigenvalue weighted by atomic mass is 32.2. The number of unbranched alkanes of at least 4 members (excludes halogenated alkanes) is 3. The molecule has 0 heterocycles. The molecule has 12 nitrogen and oxygen atoms in total. The molecule has 0 aliphatic heterocycles. The van der Waals surface area contributed by atoms with E-state index in [-0.39, 0.29) is 28.9 Å². The Morgan fingerprint density at radius 3 is 1.06 bits per heavy atom.